The van der Waals surface area contributed by atoms with Crippen molar-refractivity contribution < 1.29 is 14.9 Å². The molecular weight excluding hydrogens is 266 g/mol. The fourth-order valence-electron chi connectivity index (χ4n) is 2.87. The van der Waals surface area contributed by atoms with E-state index >= 15 is 0 Å². The van der Waals surface area contributed by atoms with E-state index in [-0.39, 0.29) is 12.7 Å². The van der Waals surface area contributed by atoms with Crippen molar-refractivity contribution in [3.63, 3.8) is 0 Å². The number of likely N-dealkylation sites (tertiary alicyclic amines) is 1. The summed E-state index contributed by atoms with van der Waals surface area (Å²) < 4.78 is 5.84. The predicted molar refractivity (Wildman–Crippen MR) is 83.8 cm³/mol. The summed E-state index contributed by atoms with van der Waals surface area (Å²) in [5.41, 5.74) is 3.43. The van der Waals surface area contributed by atoms with Crippen LogP contribution in [0.1, 0.15) is 29.5 Å². The molecule has 0 aliphatic carbocycles. The standard InChI is InChI=1S/C17H27NO3/c1-12-6-7-13(2)17(14(12)3)21-11-16(20)10-18-8-4-5-15(19)9-18/h6-7,15-16,19-20H,4-5,8-11H2,1-3H3/t15-,16-/m1/s1. The quantitative estimate of drug-likeness (QED) is 0.869. The van der Waals surface area contributed by atoms with Crippen LogP contribution in [0.15, 0.2) is 12.1 Å². The Labute approximate surface area is 127 Å². The molecular formula is C17H27NO3. The molecule has 0 unspecified atom stereocenters. The van der Waals surface area contributed by atoms with Crippen LogP contribution < -0.4 is 4.74 Å². The summed E-state index contributed by atoms with van der Waals surface area (Å²) >= 11 is 0. The van der Waals surface area contributed by atoms with Crippen LogP contribution in [0, 0.1) is 20.8 Å². The highest BCUT2D eigenvalue weighted by molar-refractivity contribution is 5.44. The Balaban J connectivity index is 1.86. The van der Waals surface area contributed by atoms with Crippen LogP contribution >= 0.6 is 0 Å². The molecule has 4 heteroatoms. The third kappa shape index (κ3) is 4.43. The second-order valence-corrected chi connectivity index (χ2v) is 6.17. The van der Waals surface area contributed by atoms with Crippen LogP contribution in [0.2, 0.25) is 0 Å². The number of aliphatic hydroxyl groups is 2. The van der Waals surface area contributed by atoms with Gasteiger partial charge in [0.2, 0.25) is 0 Å². The molecule has 0 amide bonds. The van der Waals surface area contributed by atoms with Crippen molar-refractivity contribution in [3.8, 4) is 5.75 Å². The van der Waals surface area contributed by atoms with Gasteiger partial charge in [-0.1, -0.05) is 12.1 Å². The number of aliphatic hydroxyl groups excluding tert-OH is 2. The largest absolute Gasteiger partial charge is 0.490 e. The number of ether oxygens (including phenoxy) is 1. The summed E-state index contributed by atoms with van der Waals surface area (Å²) in [7, 11) is 0. The third-order valence-electron chi connectivity index (χ3n) is 4.24. The van der Waals surface area contributed by atoms with Crippen LogP contribution in [0.25, 0.3) is 0 Å². The summed E-state index contributed by atoms with van der Waals surface area (Å²) in [5.74, 6) is 0.882. The molecule has 2 N–H and O–H groups in total. The first-order chi connectivity index (χ1) is 9.97. The number of aryl methyl sites for hydroxylation is 2. The van der Waals surface area contributed by atoms with Gasteiger partial charge in [-0.3, -0.25) is 4.90 Å². The molecule has 0 radical (unpaired) electrons. The Kier molecular flexibility index (Phi) is 5.62. The number of piperidine rings is 1. The van der Waals surface area contributed by atoms with Crippen molar-refractivity contribution in [1.29, 1.82) is 0 Å². The van der Waals surface area contributed by atoms with Crippen LogP contribution in [-0.2, 0) is 0 Å². The van der Waals surface area contributed by atoms with Gasteiger partial charge in [0, 0.05) is 13.1 Å². The van der Waals surface area contributed by atoms with E-state index in [1.807, 2.05) is 19.9 Å². The van der Waals surface area contributed by atoms with Gasteiger partial charge in [-0.05, 0) is 56.8 Å². The molecule has 1 aromatic rings. The number of β-amino-alcohol motifs (C(OH)–C–C–N with tert-alkyl or cyclic N) is 2. The topological polar surface area (TPSA) is 52.9 Å². The molecule has 1 saturated heterocycles. The highest BCUT2D eigenvalue weighted by Crippen LogP contribution is 2.25. The molecule has 1 aromatic carbocycles. The zero-order valence-electron chi connectivity index (χ0n) is 13.3. The van der Waals surface area contributed by atoms with Crippen LogP contribution in [-0.4, -0.2) is 53.6 Å². The first-order valence-electron chi connectivity index (χ1n) is 7.75. The fourth-order valence-corrected chi connectivity index (χ4v) is 2.87. The van der Waals surface area contributed by atoms with Crippen LogP contribution in [0.5, 0.6) is 5.75 Å². The average molecular weight is 293 g/mol. The lowest BCUT2D eigenvalue weighted by Crippen LogP contribution is -2.43. The third-order valence-corrected chi connectivity index (χ3v) is 4.24. The Morgan fingerprint density at radius 1 is 1.29 bits per heavy atom. The molecule has 2 rings (SSSR count). The minimum atomic E-state index is -0.533. The molecule has 0 saturated carbocycles. The van der Waals surface area contributed by atoms with Crippen LogP contribution in [0.3, 0.4) is 0 Å². The lowest BCUT2D eigenvalue weighted by atomic mass is 10.1. The van der Waals surface area contributed by atoms with Crippen molar-refractivity contribution in [2.45, 2.75) is 45.8 Å². The molecule has 21 heavy (non-hydrogen) atoms. The van der Waals surface area contributed by atoms with Crippen molar-refractivity contribution in [1.82, 2.24) is 4.90 Å². The molecule has 4 nitrogen and oxygen atoms in total. The lowest BCUT2D eigenvalue weighted by Gasteiger charge is -2.31. The number of rotatable bonds is 5. The number of nitrogens with zero attached hydrogens (tertiary/aromatic N) is 1. The summed E-state index contributed by atoms with van der Waals surface area (Å²) in [6, 6.07) is 4.13. The first kappa shape index (κ1) is 16.3. The second kappa shape index (κ2) is 7.25. The molecule has 1 heterocycles. The molecule has 0 aromatic heterocycles. The van der Waals surface area contributed by atoms with Gasteiger partial charge in [-0.15, -0.1) is 0 Å². The first-order valence-corrected chi connectivity index (χ1v) is 7.75. The SMILES string of the molecule is Cc1ccc(C)c(OC[C@H](O)CN2CCC[C@@H](O)C2)c1C. The molecule has 2 atom stereocenters. The average Bonchev–Trinajstić information content (AvgIpc) is 2.43. The molecule has 1 aliphatic rings. The molecule has 0 bridgehead atoms. The van der Waals surface area contributed by atoms with Gasteiger partial charge < -0.3 is 14.9 Å². The van der Waals surface area contributed by atoms with Crippen molar-refractivity contribution in [3.05, 3.63) is 28.8 Å². The van der Waals surface area contributed by atoms with Crippen molar-refractivity contribution >= 4 is 0 Å². The van der Waals surface area contributed by atoms with E-state index in [4.69, 9.17) is 4.74 Å². The summed E-state index contributed by atoms with van der Waals surface area (Å²) in [5, 5.41) is 19.8. The molecule has 1 fully saturated rings. The smallest absolute Gasteiger partial charge is 0.125 e. The summed E-state index contributed by atoms with van der Waals surface area (Å²) in [4.78, 5) is 2.11. The Morgan fingerprint density at radius 2 is 2.00 bits per heavy atom. The van der Waals surface area contributed by atoms with Gasteiger partial charge in [0.15, 0.2) is 0 Å². The molecule has 1 aliphatic heterocycles. The van der Waals surface area contributed by atoms with E-state index in [0.29, 0.717) is 13.1 Å². The maximum absolute atomic E-state index is 10.2. The van der Waals surface area contributed by atoms with E-state index < -0.39 is 6.10 Å². The fraction of sp³-hybridized carbons (Fsp3) is 0.647. The van der Waals surface area contributed by atoms with Gasteiger partial charge >= 0.3 is 0 Å². The lowest BCUT2D eigenvalue weighted by molar-refractivity contribution is 0.0241. The molecule has 118 valence electrons. The maximum atomic E-state index is 10.2. The van der Waals surface area contributed by atoms with Gasteiger partial charge in [-0.2, -0.15) is 0 Å². The Bertz CT molecular complexity index is 475. The zero-order valence-corrected chi connectivity index (χ0v) is 13.3. The molecule has 0 spiro atoms. The monoisotopic (exact) mass is 293 g/mol. The summed E-state index contributed by atoms with van der Waals surface area (Å²) in [6.07, 6.45) is 1.07. The van der Waals surface area contributed by atoms with E-state index in [2.05, 4.69) is 17.9 Å². The highest BCUT2D eigenvalue weighted by Gasteiger charge is 2.20. The predicted octanol–water partition coefficient (Wildman–Crippen LogP) is 1.81. The van der Waals surface area contributed by atoms with E-state index in [9.17, 15) is 10.2 Å². The van der Waals surface area contributed by atoms with Gasteiger partial charge in [-0.25, -0.2) is 0 Å². The second-order valence-electron chi connectivity index (χ2n) is 6.17. The highest BCUT2D eigenvalue weighted by atomic mass is 16.5. The number of hydrogen-bond acceptors (Lipinski definition) is 4. The van der Waals surface area contributed by atoms with Gasteiger partial charge in [0.05, 0.1) is 6.10 Å². The normalized spacial score (nSPS) is 21.3. The van der Waals surface area contributed by atoms with Gasteiger partial charge in [0.25, 0.3) is 0 Å². The number of benzene rings is 1. The minimum Gasteiger partial charge on any atom is -0.490 e. The Morgan fingerprint density at radius 3 is 2.71 bits per heavy atom. The van der Waals surface area contributed by atoms with Gasteiger partial charge in [0.1, 0.15) is 18.5 Å². The van der Waals surface area contributed by atoms with Crippen molar-refractivity contribution in [2.24, 2.45) is 0 Å². The Hall–Kier alpha value is -1.10. The summed E-state index contributed by atoms with van der Waals surface area (Å²) in [6.45, 7) is 8.57. The van der Waals surface area contributed by atoms with E-state index in [1.54, 1.807) is 0 Å². The van der Waals surface area contributed by atoms with Crippen LogP contribution in [0.4, 0.5) is 0 Å². The van der Waals surface area contributed by atoms with E-state index in [1.165, 1.54) is 5.56 Å². The van der Waals surface area contributed by atoms with Crippen molar-refractivity contribution in [2.75, 3.05) is 26.2 Å². The maximum Gasteiger partial charge on any atom is 0.125 e. The number of hydrogen-bond donors (Lipinski definition) is 2. The minimum absolute atomic E-state index is 0.256. The van der Waals surface area contributed by atoms with E-state index in [0.717, 1.165) is 36.3 Å². The zero-order chi connectivity index (χ0) is 15.4.